The molecule has 1 saturated heterocycles. The maximum Gasteiger partial charge on any atom is 0.128 e. The van der Waals surface area contributed by atoms with Crippen LogP contribution in [0.4, 0.5) is 5.82 Å². The molecule has 1 aromatic heterocycles. The first-order chi connectivity index (χ1) is 13.1. The number of nitrogens with one attached hydrogen (secondary N) is 1. The van der Waals surface area contributed by atoms with E-state index in [4.69, 9.17) is 16.6 Å². The van der Waals surface area contributed by atoms with Crippen LogP contribution in [0.1, 0.15) is 30.4 Å². The minimum Gasteiger partial charge on any atom is -0.354 e. The number of halogens is 1. The fraction of sp³-hybridized carbons (Fsp3) is 0.500. The average molecular weight is 385 g/mol. The topological polar surface area (TPSA) is 31.4 Å². The van der Waals surface area contributed by atoms with Crippen LogP contribution in [-0.4, -0.2) is 49.7 Å². The first kappa shape index (κ1) is 18.7. The Morgan fingerprint density at radius 1 is 1.04 bits per heavy atom. The molecule has 2 aliphatic rings. The second-order valence-electron chi connectivity index (χ2n) is 7.93. The zero-order chi connectivity index (χ0) is 18.7. The fourth-order valence-corrected chi connectivity index (χ4v) is 4.21. The van der Waals surface area contributed by atoms with Crippen LogP contribution in [0.2, 0.25) is 5.02 Å². The van der Waals surface area contributed by atoms with Gasteiger partial charge in [0.15, 0.2) is 0 Å². The number of hydrogen-bond donors (Lipinski definition) is 1. The number of hydrogen-bond acceptors (Lipinski definition) is 4. The van der Waals surface area contributed by atoms with E-state index in [0.717, 1.165) is 50.0 Å². The van der Waals surface area contributed by atoms with Crippen LogP contribution >= 0.6 is 11.6 Å². The molecule has 1 aromatic carbocycles. The van der Waals surface area contributed by atoms with E-state index in [1.54, 1.807) is 0 Å². The monoisotopic (exact) mass is 384 g/mol. The van der Waals surface area contributed by atoms with Crippen LogP contribution in [0.5, 0.6) is 0 Å². The minimum absolute atomic E-state index is 0.111. The lowest BCUT2D eigenvalue weighted by atomic mass is 9.72. The van der Waals surface area contributed by atoms with E-state index in [-0.39, 0.29) is 5.54 Å². The van der Waals surface area contributed by atoms with Gasteiger partial charge in [-0.2, -0.15) is 0 Å². The summed E-state index contributed by atoms with van der Waals surface area (Å²) in [6, 6.07) is 12.7. The molecule has 0 atom stereocenters. The maximum absolute atomic E-state index is 5.98. The second-order valence-corrected chi connectivity index (χ2v) is 8.37. The lowest BCUT2D eigenvalue weighted by molar-refractivity contribution is 0.187. The molecule has 0 bridgehead atoms. The molecule has 1 N–H and O–H groups in total. The highest BCUT2D eigenvalue weighted by atomic mass is 35.5. The SMILES string of the molecule is CN1CCN(c2ccc(C3(NCCc4ccc(Cl)cc4)CCC3)cn2)CC1. The average Bonchev–Trinajstić information content (AvgIpc) is 2.66. The predicted molar refractivity (Wildman–Crippen MR) is 113 cm³/mol. The van der Waals surface area contributed by atoms with E-state index in [9.17, 15) is 0 Å². The van der Waals surface area contributed by atoms with Gasteiger partial charge >= 0.3 is 0 Å². The Hall–Kier alpha value is -1.62. The highest BCUT2D eigenvalue weighted by molar-refractivity contribution is 6.30. The van der Waals surface area contributed by atoms with Crippen molar-refractivity contribution in [1.29, 1.82) is 0 Å². The van der Waals surface area contributed by atoms with Gasteiger partial charge in [0.2, 0.25) is 0 Å². The molecule has 144 valence electrons. The van der Waals surface area contributed by atoms with E-state index in [0.29, 0.717) is 0 Å². The van der Waals surface area contributed by atoms with Crippen molar-refractivity contribution in [3.05, 3.63) is 58.7 Å². The van der Waals surface area contributed by atoms with Gasteiger partial charge in [-0.3, -0.25) is 0 Å². The highest BCUT2D eigenvalue weighted by Crippen LogP contribution is 2.41. The number of piperazine rings is 1. The number of aromatic nitrogens is 1. The molecule has 1 aliphatic heterocycles. The normalized spacial score (nSPS) is 19.7. The Labute approximate surface area is 167 Å². The van der Waals surface area contributed by atoms with Gasteiger partial charge < -0.3 is 15.1 Å². The fourth-order valence-electron chi connectivity index (χ4n) is 4.09. The molecule has 4 rings (SSSR count). The summed E-state index contributed by atoms with van der Waals surface area (Å²) in [6.07, 6.45) is 6.80. The number of pyridine rings is 1. The van der Waals surface area contributed by atoms with Crippen LogP contribution in [-0.2, 0) is 12.0 Å². The zero-order valence-electron chi connectivity index (χ0n) is 16.1. The van der Waals surface area contributed by atoms with E-state index >= 15 is 0 Å². The summed E-state index contributed by atoms with van der Waals surface area (Å²) in [6.45, 7) is 5.32. The number of nitrogens with zero attached hydrogens (tertiary/aromatic N) is 3. The molecular weight excluding hydrogens is 356 g/mol. The Morgan fingerprint density at radius 3 is 2.37 bits per heavy atom. The summed E-state index contributed by atoms with van der Waals surface area (Å²) in [5, 5.41) is 4.62. The van der Waals surface area contributed by atoms with Gasteiger partial charge in [0.05, 0.1) is 0 Å². The van der Waals surface area contributed by atoms with Crippen molar-refractivity contribution < 1.29 is 0 Å². The highest BCUT2D eigenvalue weighted by Gasteiger charge is 2.38. The van der Waals surface area contributed by atoms with Crippen molar-refractivity contribution >= 4 is 17.4 Å². The standard InChI is InChI=1S/C22H29ClN4/c1-26-13-15-27(16-14-26)21-8-5-19(17-24-21)22(10-2-11-22)25-12-9-18-3-6-20(23)7-4-18/h3-8,17,25H,2,9-16H2,1H3. The van der Waals surface area contributed by atoms with Crippen LogP contribution < -0.4 is 10.2 Å². The zero-order valence-corrected chi connectivity index (χ0v) is 16.9. The Kier molecular flexibility index (Phi) is 5.67. The van der Waals surface area contributed by atoms with E-state index in [2.05, 4.69) is 52.6 Å². The lowest BCUT2D eigenvalue weighted by Gasteiger charge is -2.43. The van der Waals surface area contributed by atoms with Crippen molar-refractivity contribution in [2.24, 2.45) is 0 Å². The summed E-state index contributed by atoms with van der Waals surface area (Å²) in [7, 11) is 2.18. The van der Waals surface area contributed by atoms with E-state index < -0.39 is 0 Å². The smallest absolute Gasteiger partial charge is 0.128 e. The number of likely N-dealkylation sites (N-methyl/N-ethyl adjacent to an activating group) is 1. The number of benzene rings is 1. The molecule has 4 nitrogen and oxygen atoms in total. The van der Waals surface area contributed by atoms with Gasteiger partial charge in [-0.1, -0.05) is 29.8 Å². The Morgan fingerprint density at radius 2 is 1.78 bits per heavy atom. The van der Waals surface area contributed by atoms with Gasteiger partial charge in [-0.15, -0.1) is 0 Å². The molecule has 1 saturated carbocycles. The van der Waals surface area contributed by atoms with Crippen molar-refractivity contribution in [3.63, 3.8) is 0 Å². The summed E-state index contributed by atoms with van der Waals surface area (Å²) in [5.41, 5.74) is 2.77. The van der Waals surface area contributed by atoms with Crippen molar-refractivity contribution in [2.75, 3.05) is 44.7 Å². The second kappa shape index (κ2) is 8.17. The molecule has 27 heavy (non-hydrogen) atoms. The molecular formula is C22H29ClN4. The first-order valence-electron chi connectivity index (χ1n) is 10.0. The molecule has 0 unspecified atom stereocenters. The van der Waals surface area contributed by atoms with Gasteiger partial charge in [0.25, 0.3) is 0 Å². The molecule has 2 aromatic rings. The molecule has 0 spiro atoms. The molecule has 2 heterocycles. The van der Waals surface area contributed by atoms with Crippen LogP contribution in [0, 0.1) is 0 Å². The summed E-state index contributed by atoms with van der Waals surface area (Å²) in [4.78, 5) is 9.57. The first-order valence-corrected chi connectivity index (χ1v) is 10.4. The quantitative estimate of drug-likeness (QED) is 0.822. The Bertz CT molecular complexity index is 732. The summed E-state index contributed by atoms with van der Waals surface area (Å²) >= 11 is 5.98. The Balaban J connectivity index is 1.37. The third kappa shape index (κ3) is 4.29. The minimum atomic E-state index is 0.111. The third-order valence-corrected chi connectivity index (χ3v) is 6.38. The molecule has 1 aliphatic carbocycles. The van der Waals surface area contributed by atoms with Gasteiger partial charge in [-0.05, 0) is 68.6 Å². The van der Waals surface area contributed by atoms with Gasteiger partial charge in [0, 0.05) is 42.9 Å². The number of rotatable bonds is 6. The van der Waals surface area contributed by atoms with Crippen LogP contribution in [0.15, 0.2) is 42.6 Å². The largest absolute Gasteiger partial charge is 0.354 e. The predicted octanol–water partition coefficient (Wildman–Crippen LogP) is 3.70. The lowest BCUT2D eigenvalue weighted by Crippen LogP contribution is -2.49. The number of anilines is 1. The third-order valence-electron chi connectivity index (χ3n) is 6.13. The molecule has 5 heteroatoms. The van der Waals surface area contributed by atoms with Crippen LogP contribution in [0.25, 0.3) is 0 Å². The van der Waals surface area contributed by atoms with Crippen molar-refractivity contribution in [3.8, 4) is 0 Å². The maximum atomic E-state index is 5.98. The van der Waals surface area contributed by atoms with Crippen molar-refractivity contribution in [1.82, 2.24) is 15.2 Å². The summed E-state index contributed by atoms with van der Waals surface area (Å²) in [5.74, 6) is 1.11. The van der Waals surface area contributed by atoms with Gasteiger partial charge in [-0.25, -0.2) is 4.98 Å². The van der Waals surface area contributed by atoms with Crippen LogP contribution in [0.3, 0.4) is 0 Å². The van der Waals surface area contributed by atoms with E-state index in [1.165, 1.54) is 30.4 Å². The summed E-state index contributed by atoms with van der Waals surface area (Å²) < 4.78 is 0. The molecule has 0 amide bonds. The van der Waals surface area contributed by atoms with Gasteiger partial charge in [0.1, 0.15) is 5.82 Å². The van der Waals surface area contributed by atoms with E-state index in [1.807, 2.05) is 12.1 Å². The molecule has 0 radical (unpaired) electrons. The van der Waals surface area contributed by atoms with Crippen molar-refractivity contribution in [2.45, 2.75) is 31.2 Å². The molecule has 2 fully saturated rings.